The Kier molecular flexibility index (Phi) is 5.87. The number of thioether (sulfide) groups is 1. The lowest BCUT2D eigenvalue weighted by atomic mass is 9.98. The van der Waals surface area contributed by atoms with Crippen molar-refractivity contribution >= 4 is 17.5 Å². The van der Waals surface area contributed by atoms with E-state index in [1.807, 2.05) is 12.1 Å². The summed E-state index contributed by atoms with van der Waals surface area (Å²) in [4.78, 5) is 15.7. The fourth-order valence-corrected chi connectivity index (χ4v) is 2.97. The van der Waals surface area contributed by atoms with E-state index in [0.717, 1.165) is 11.3 Å². The molecule has 0 saturated carbocycles. The Hall–Kier alpha value is -1.34. The Labute approximate surface area is 113 Å². The van der Waals surface area contributed by atoms with E-state index < -0.39 is 5.92 Å². The van der Waals surface area contributed by atoms with Crippen molar-refractivity contribution in [2.24, 2.45) is 11.8 Å². The van der Waals surface area contributed by atoms with Gasteiger partial charge in [0.05, 0.1) is 11.3 Å². The number of nitrogens with zero attached hydrogens (tertiary/aromatic N) is 2. The molecule has 0 spiro atoms. The molecule has 0 amide bonds. The summed E-state index contributed by atoms with van der Waals surface area (Å²) in [6, 6.07) is 5.89. The summed E-state index contributed by atoms with van der Waals surface area (Å²) in [6.45, 7) is 5.73. The molecule has 18 heavy (non-hydrogen) atoms. The van der Waals surface area contributed by atoms with Crippen LogP contribution in [-0.4, -0.2) is 16.5 Å². The molecule has 0 bridgehead atoms. The number of nitriles is 1. The molecular formula is C14H18N2OS. The highest BCUT2D eigenvalue weighted by atomic mass is 32.2. The second kappa shape index (κ2) is 7.17. The van der Waals surface area contributed by atoms with E-state index >= 15 is 0 Å². The summed E-state index contributed by atoms with van der Waals surface area (Å²) in [7, 11) is 0. The highest BCUT2D eigenvalue weighted by Gasteiger charge is 2.27. The van der Waals surface area contributed by atoms with Gasteiger partial charge in [0.1, 0.15) is 11.7 Å². The monoisotopic (exact) mass is 262 g/mol. The number of hydrogen-bond donors (Lipinski definition) is 0. The molecule has 0 saturated heterocycles. The van der Waals surface area contributed by atoms with Crippen LogP contribution in [0.15, 0.2) is 24.5 Å². The largest absolute Gasteiger partial charge is 0.298 e. The molecule has 1 aromatic rings. The first kappa shape index (κ1) is 14.7. The zero-order valence-electron chi connectivity index (χ0n) is 11.0. The maximum absolute atomic E-state index is 11.6. The third-order valence-corrected chi connectivity index (χ3v) is 4.26. The molecule has 1 heterocycles. The topological polar surface area (TPSA) is 53.8 Å². The number of pyridine rings is 1. The first-order valence-corrected chi connectivity index (χ1v) is 7.02. The molecule has 0 fully saturated rings. The van der Waals surface area contributed by atoms with Crippen LogP contribution >= 0.6 is 11.8 Å². The Balaban J connectivity index is 2.95. The number of carbonyl (C=O) groups excluding carboxylic acids is 1. The zero-order valence-corrected chi connectivity index (χ0v) is 11.8. The predicted octanol–water partition coefficient (Wildman–Crippen LogP) is 3.24. The van der Waals surface area contributed by atoms with Gasteiger partial charge in [0, 0.05) is 12.4 Å². The third kappa shape index (κ3) is 4.15. The number of hydrogen-bond acceptors (Lipinski definition) is 4. The van der Waals surface area contributed by atoms with Gasteiger partial charge in [0.2, 0.25) is 0 Å². The average Bonchev–Trinajstić information content (AvgIpc) is 2.34. The number of carbonyl (C=O) groups is 1. The minimum atomic E-state index is -0.599. The van der Waals surface area contributed by atoms with E-state index in [1.165, 1.54) is 6.92 Å². The van der Waals surface area contributed by atoms with Gasteiger partial charge in [-0.1, -0.05) is 19.9 Å². The smallest absolute Gasteiger partial charge is 0.148 e. The Morgan fingerprint density at radius 2 is 2.28 bits per heavy atom. The van der Waals surface area contributed by atoms with Crippen LogP contribution in [0.5, 0.6) is 0 Å². The summed E-state index contributed by atoms with van der Waals surface area (Å²) in [6.07, 6.45) is 3.44. The van der Waals surface area contributed by atoms with Gasteiger partial charge in [-0.15, -0.1) is 0 Å². The standard InChI is InChI=1S/C14H18N2OS/c1-10(2)9-18-14(13(7-15)11(3)17)12-5-4-6-16-8-12/h4-6,8,10,13-14H,9H2,1-3H3. The summed E-state index contributed by atoms with van der Waals surface area (Å²) >= 11 is 1.66. The van der Waals surface area contributed by atoms with Crippen LogP contribution in [0.2, 0.25) is 0 Å². The Morgan fingerprint density at radius 1 is 1.56 bits per heavy atom. The third-order valence-electron chi connectivity index (χ3n) is 2.50. The summed E-state index contributed by atoms with van der Waals surface area (Å²) in [5.41, 5.74) is 0.949. The fraction of sp³-hybridized carbons (Fsp3) is 0.500. The van der Waals surface area contributed by atoms with E-state index in [0.29, 0.717) is 5.92 Å². The molecule has 0 aromatic carbocycles. The van der Waals surface area contributed by atoms with Gasteiger partial charge in [0.25, 0.3) is 0 Å². The maximum atomic E-state index is 11.6. The van der Waals surface area contributed by atoms with Crippen molar-refractivity contribution in [1.29, 1.82) is 5.26 Å². The molecule has 96 valence electrons. The lowest BCUT2D eigenvalue weighted by Gasteiger charge is -2.20. The van der Waals surface area contributed by atoms with Crippen LogP contribution in [0.25, 0.3) is 0 Å². The van der Waals surface area contributed by atoms with Crippen molar-refractivity contribution < 1.29 is 4.79 Å². The van der Waals surface area contributed by atoms with Gasteiger partial charge in [-0.2, -0.15) is 17.0 Å². The quantitative estimate of drug-likeness (QED) is 0.789. The Morgan fingerprint density at radius 3 is 2.72 bits per heavy atom. The molecule has 0 aliphatic heterocycles. The zero-order chi connectivity index (χ0) is 13.5. The molecule has 3 nitrogen and oxygen atoms in total. The molecule has 0 radical (unpaired) electrons. The van der Waals surface area contributed by atoms with Crippen LogP contribution in [0.3, 0.4) is 0 Å². The molecule has 2 atom stereocenters. The van der Waals surface area contributed by atoms with Crippen molar-refractivity contribution in [3.05, 3.63) is 30.1 Å². The summed E-state index contributed by atoms with van der Waals surface area (Å²) in [5, 5.41) is 9.07. The summed E-state index contributed by atoms with van der Waals surface area (Å²) < 4.78 is 0. The van der Waals surface area contributed by atoms with Crippen LogP contribution in [-0.2, 0) is 4.79 Å². The maximum Gasteiger partial charge on any atom is 0.148 e. The molecule has 0 aliphatic rings. The minimum Gasteiger partial charge on any atom is -0.298 e. The lowest BCUT2D eigenvalue weighted by Crippen LogP contribution is -2.17. The van der Waals surface area contributed by atoms with Gasteiger partial charge in [0.15, 0.2) is 0 Å². The van der Waals surface area contributed by atoms with E-state index in [4.69, 9.17) is 0 Å². The highest BCUT2D eigenvalue weighted by molar-refractivity contribution is 7.99. The van der Waals surface area contributed by atoms with Gasteiger partial charge >= 0.3 is 0 Å². The van der Waals surface area contributed by atoms with Crippen LogP contribution in [0.4, 0.5) is 0 Å². The van der Waals surface area contributed by atoms with Crippen molar-refractivity contribution in [1.82, 2.24) is 4.98 Å². The van der Waals surface area contributed by atoms with Crippen molar-refractivity contribution in [2.75, 3.05) is 5.75 Å². The number of rotatable bonds is 6. The van der Waals surface area contributed by atoms with Crippen molar-refractivity contribution in [2.45, 2.75) is 26.0 Å². The Bertz CT molecular complexity index is 425. The number of aromatic nitrogens is 1. The second-order valence-corrected chi connectivity index (χ2v) is 5.83. The predicted molar refractivity (Wildman–Crippen MR) is 74.1 cm³/mol. The number of Topliss-reactive ketones (excluding diaryl/α,β-unsaturated/α-hetero) is 1. The lowest BCUT2D eigenvalue weighted by molar-refractivity contribution is -0.119. The van der Waals surface area contributed by atoms with Gasteiger partial charge in [-0.3, -0.25) is 9.78 Å². The van der Waals surface area contributed by atoms with Gasteiger partial charge < -0.3 is 0 Å². The van der Waals surface area contributed by atoms with Crippen LogP contribution < -0.4 is 0 Å². The van der Waals surface area contributed by atoms with E-state index in [1.54, 1.807) is 24.2 Å². The molecule has 0 aliphatic carbocycles. The number of ketones is 1. The second-order valence-electron chi connectivity index (χ2n) is 4.65. The molecule has 1 rings (SSSR count). The fourth-order valence-electron chi connectivity index (χ4n) is 1.60. The first-order chi connectivity index (χ1) is 8.56. The van der Waals surface area contributed by atoms with Gasteiger partial charge in [-0.05, 0) is 30.2 Å². The SMILES string of the molecule is CC(=O)C(C#N)C(SCC(C)C)c1cccnc1. The van der Waals surface area contributed by atoms with E-state index in [2.05, 4.69) is 24.9 Å². The normalized spacial score (nSPS) is 13.9. The van der Waals surface area contributed by atoms with Crippen LogP contribution in [0.1, 0.15) is 31.6 Å². The molecule has 4 heteroatoms. The molecular weight excluding hydrogens is 244 g/mol. The molecule has 1 aromatic heterocycles. The van der Waals surface area contributed by atoms with Crippen LogP contribution in [0, 0.1) is 23.2 Å². The van der Waals surface area contributed by atoms with E-state index in [-0.39, 0.29) is 11.0 Å². The van der Waals surface area contributed by atoms with E-state index in [9.17, 15) is 10.1 Å². The van der Waals surface area contributed by atoms with Crippen molar-refractivity contribution in [3.8, 4) is 6.07 Å². The molecule has 0 N–H and O–H groups in total. The summed E-state index contributed by atoms with van der Waals surface area (Å²) in [5.74, 6) is 0.770. The minimum absolute atomic E-state index is 0.0809. The van der Waals surface area contributed by atoms with Crippen molar-refractivity contribution in [3.63, 3.8) is 0 Å². The first-order valence-electron chi connectivity index (χ1n) is 5.97. The average molecular weight is 262 g/mol. The van der Waals surface area contributed by atoms with Gasteiger partial charge in [-0.25, -0.2) is 0 Å². The molecule has 2 unspecified atom stereocenters. The highest BCUT2D eigenvalue weighted by Crippen LogP contribution is 2.36.